The second-order valence-electron chi connectivity index (χ2n) is 3.55. The van der Waals surface area contributed by atoms with Crippen molar-refractivity contribution in [3.63, 3.8) is 0 Å². The lowest BCUT2D eigenvalue weighted by Crippen LogP contribution is -1.95. The van der Waals surface area contributed by atoms with E-state index in [4.69, 9.17) is 4.74 Å². The topological polar surface area (TPSA) is 43.4 Å². The first-order chi connectivity index (χ1) is 8.54. The van der Waals surface area contributed by atoms with Crippen molar-refractivity contribution < 1.29 is 14.3 Å². The van der Waals surface area contributed by atoms with Gasteiger partial charge in [0.1, 0.15) is 5.75 Å². The number of ketones is 1. The molecule has 0 aromatic heterocycles. The molecule has 0 atom stereocenters. The summed E-state index contributed by atoms with van der Waals surface area (Å²) in [6.45, 7) is 3.01. The van der Waals surface area contributed by atoms with Crippen LogP contribution in [0, 0.1) is 11.8 Å². The first-order valence-electron chi connectivity index (χ1n) is 5.36. The van der Waals surface area contributed by atoms with E-state index < -0.39 is 0 Å². The van der Waals surface area contributed by atoms with Gasteiger partial charge in [0.15, 0.2) is 10.9 Å². The smallest absolute Gasteiger partial charge is 0.186 e. The molecule has 3 nitrogen and oxygen atoms in total. The van der Waals surface area contributed by atoms with Gasteiger partial charge in [-0.1, -0.05) is 23.6 Å². The second kappa shape index (κ2) is 6.87. The minimum atomic E-state index is -0.0150. The zero-order valence-electron chi connectivity index (χ0n) is 10.6. The van der Waals surface area contributed by atoms with Crippen molar-refractivity contribution in [1.29, 1.82) is 0 Å². The summed E-state index contributed by atoms with van der Waals surface area (Å²) in [5.74, 6) is 6.83. The van der Waals surface area contributed by atoms with Gasteiger partial charge in [-0.15, -0.1) is 0 Å². The minimum absolute atomic E-state index is 0.0150. The molecule has 0 heterocycles. The predicted octanol–water partition coefficient (Wildman–Crippen LogP) is 2.53. The highest BCUT2D eigenvalue weighted by molar-refractivity contribution is 8.13. The third-order valence-corrected chi connectivity index (χ3v) is 2.87. The number of hydrogen-bond donors (Lipinski definition) is 0. The molecule has 0 radical (unpaired) electrons. The molecule has 94 valence electrons. The van der Waals surface area contributed by atoms with Crippen LogP contribution in [0.2, 0.25) is 0 Å². The van der Waals surface area contributed by atoms with Crippen molar-refractivity contribution in [3.8, 4) is 17.6 Å². The largest absolute Gasteiger partial charge is 0.495 e. The molecule has 18 heavy (non-hydrogen) atoms. The second-order valence-corrected chi connectivity index (χ2v) is 4.71. The molecule has 0 saturated heterocycles. The third-order valence-electron chi connectivity index (χ3n) is 2.18. The lowest BCUT2D eigenvalue weighted by Gasteiger charge is -2.04. The van der Waals surface area contributed by atoms with Crippen molar-refractivity contribution in [2.45, 2.75) is 13.8 Å². The Morgan fingerprint density at radius 1 is 1.33 bits per heavy atom. The van der Waals surface area contributed by atoms with Crippen LogP contribution in [0.1, 0.15) is 29.8 Å². The summed E-state index contributed by atoms with van der Waals surface area (Å²) in [6, 6.07) is 5.13. The van der Waals surface area contributed by atoms with E-state index >= 15 is 0 Å². The Labute approximate surface area is 111 Å². The van der Waals surface area contributed by atoms with E-state index in [0.717, 1.165) is 11.8 Å². The van der Waals surface area contributed by atoms with Crippen LogP contribution in [-0.2, 0) is 4.79 Å². The SMILES string of the molecule is COc1ccc(C(C)=O)cc1C#CCSC(C)=O. The maximum atomic E-state index is 11.3. The van der Waals surface area contributed by atoms with Crippen molar-refractivity contribution in [3.05, 3.63) is 29.3 Å². The van der Waals surface area contributed by atoms with Crippen LogP contribution in [-0.4, -0.2) is 23.8 Å². The van der Waals surface area contributed by atoms with Crippen molar-refractivity contribution in [2.75, 3.05) is 12.9 Å². The molecule has 4 heteroatoms. The van der Waals surface area contributed by atoms with Crippen molar-refractivity contribution >= 4 is 22.7 Å². The molecule has 0 amide bonds. The highest BCUT2D eigenvalue weighted by Crippen LogP contribution is 2.19. The van der Waals surface area contributed by atoms with Crippen molar-refractivity contribution in [1.82, 2.24) is 0 Å². The van der Waals surface area contributed by atoms with Gasteiger partial charge in [-0.2, -0.15) is 0 Å². The molecule has 0 saturated carbocycles. The van der Waals surface area contributed by atoms with Gasteiger partial charge in [0, 0.05) is 12.5 Å². The van der Waals surface area contributed by atoms with Crippen LogP contribution in [0.15, 0.2) is 18.2 Å². The predicted molar refractivity (Wildman–Crippen MR) is 73.0 cm³/mol. The lowest BCUT2D eigenvalue weighted by atomic mass is 10.1. The first kappa shape index (κ1) is 14.3. The molecule has 0 fully saturated rings. The summed E-state index contributed by atoms with van der Waals surface area (Å²) in [5.41, 5.74) is 1.26. The average Bonchev–Trinajstić information content (AvgIpc) is 2.34. The van der Waals surface area contributed by atoms with Gasteiger partial charge in [-0.25, -0.2) is 0 Å². The molecular formula is C14H14O3S. The normalized spacial score (nSPS) is 9.28. The number of benzene rings is 1. The van der Waals surface area contributed by atoms with Gasteiger partial charge < -0.3 is 4.74 Å². The highest BCUT2D eigenvalue weighted by Gasteiger charge is 2.04. The zero-order chi connectivity index (χ0) is 13.5. The van der Waals surface area contributed by atoms with E-state index in [2.05, 4.69) is 11.8 Å². The molecule has 0 aliphatic heterocycles. The van der Waals surface area contributed by atoms with Gasteiger partial charge in [0.2, 0.25) is 0 Å². The summed E-state index contributed by atoms with van der Waals surface area (Å²) in [4.78, 5) is 22.0. The summed E-state index contributed by atoms with van der Waals surface area (Å²) >= 11 is 1.15. The van der Waals surface area contributed by atoms with Crippen LogP contribution in [0.3, 0.4) is 0 Å². The number of carbonyl (C=O) groups excluding carboxylic acids is 2. The van der Waals surface area contributed by atoms with E-state index in [0.29, 0.717) is 22.6 Å². The number of rotatable bonds is 3. The van der Waals surface area contributed by atoms with Crippen LogP contribution in [0.25, 0.3) is 0 Å². The standard InChI is InChI=1S/C14H14O3S/c1-10(15)12-6-7-14(17-3)13(9-12)5-4-8-18-11(2)16/h6-7,9H,8H2,1-3H3. The van der Waals surface area contributed by atoms with E-state index in [-0.39, 0.29) is 10.9 Å². The first-order valence-corrected chi connectivity index (χ1v) is 6.34. The molecule has 0 unspecified atom stereocenters. The molecule has 0 spiro atoms. The Kier molecular flexibility index (Phi) is 5.47. The monoisotopic (exact) mass is 262 g/mol. The fourth-order valence-electron chi connectivity index (χ4n) is 1.29. The molecule has 1 aromatic rings. The summed E-state index contributed by atoms with van der Waals surface area (Å²) < 4.78 is 5.17. The van der Waals surface area contributed by atoms with Gasteiger partial charge in [0.25, 0.3) is 0 Å². The molecular weight excluding hydrogens is 248 g/mol. The highest BCUT2D eigenvalue weighted by atomic mass is 32.2. The number of ether oxygens (including phenoxy) is 1. The molecule has 0 N–H and O–H groups in total. The van der Waals surface area contributed by atoms with E-state index in [1.54, 1.807) is 25.3 Å². The molecule has 0 aliphatic rings. The summed E-state index contributed by atoms with van der Waals surface area (Å²) in [6.07, 6.45) is 0. The maximum Gasteiger partial charge on any atom is 0.186 e. The average molecular weight is 262 g/mol. The van der Waals surface area contributed by atoms with Gasteiger partial charge in [-0.3, -0.25) is 9.59 Å². The summed E-state index contributed by atoms with van der Waals surface area (Å²) in [7, 11) is 1.55. The Morgan fingerprint density at radius 3 is 2.61 bits per heavy atom. The van der Waals surface area contributed by atoms with E-state index in [1.165, 1.54) is 13.8 Å². The van der Waals surface area contributed by atoms with Gasteiger partial charge >= 0.3 is 0 Å². The Hall–Kier alpha value is -1.73. The Morgan fingerprint density at radius 2 is 2.06 bits per heavy atom. The maximum absolute atomic E-state index is 11.3. The molecule has 0 bridgehead atoms. The Bertz CT molecular complexity index is 524. The fourth-order valence-corrected chi connectivity index (χ4v) is 1.64. The van der Waals surface area contributed by atoms with Crippen LogP contribution >= 0.6 is 11.8 Å². The minimum Gasteiger partial charge on any atom is -0.495 e. The number of carbonyl (C=O) groups is 2. The summed E-state index contributed by atoms with van der Waals surface area (Å²) in [5, 5.41) is 0.0359. The lowest BCUT2D eigenvalue weighted by molar-refractivity contribution is -0.109. The van der Waals surface area contributed by atoms with Crippen LogP contribution in [0.4, 0.5) is 0 Å². The fraction of sp³-hybridized carbons (Fsp3) is 0.286. The van der Waals surface area contributed by atoms with Gasteiger partial charge in [-0.05, 0) is 25.1 Å². The quantitative estimate of drug-likeness (QED) is 0.620. The third kappa shape index (κ3) is 4.27. The number of methoxy groups -OCH3 is 1. The number of thioether (sulfide) groups is 1. The number of hydrogen-bond acceptors (Lipinski definition) is 4. The van der Waals surface area contributed by atoms with Crippen molar-refractivity contribution in [2.24, 2.45) is 0 Å². The molecule has 1 rings (SSSR count). The van der Waals surface area contributed by atoms with E-state index in [1.807, 2.05) is 0 Å². The van der Waals surface area contributed by atoms with Crippen LogP contribution < -0.4 is 4.74 Å². The van der Waals surface area contributed by atoms with Crippen LogP contribution in [0.5, 0.6) is 5.75 Å². The Balaban J connectivity index is 2.94. The number of Topliss-reactive ketones (excluding diaryl/α,β-unsaturated/α-hetero) is 1. The van der Waals surface area contributed by atoms with E-state index in [9.17, 15) is 9.59 Å². The van der Waals surface area contributed by atoms with Gasteiger partial charge in [0.05, 0.1) is 18.4 Å². The zero-order valence-corrected chi connectivity index (χ0v) is 11.4. The molecule has 0 aliphatic carbocycles. The molecule has 1 aromatic carbocycles.